The topological polar surface area (TPSA) is 179 Å². The van der Waals surface area contributed by atoms with Gasteiger partial charge < -0.3 is 36.2 Å². The number of unbranched alkanes of at least 4 members (excludes halogenated alkanes) is 4. The third kappa shape index (κ3) is 8.98. The zero-order chi connectivity index (χ0) is 26.1. The number of carbonyl (C=O) groups is 3. The average Bonchev–Trinajstić information content (AvgIpc) is 2.79. The average molecular weight is 489 g/mol. The van der Waals surface area contributed by atoms with E-state index in [1.165, 1.54) is 6.92 Å². The second kappa shape index (κ2) is 14.2. The van der Waals surface area contributed by atoms with Crippen molar-refractivity contribution in [1.82, 2.24) is 5.32 Å². The number of Topliss-reactive ketones (excluding diaryl/α,β-unsaturated/α-hetero) is 2. The highest BCUT2D eigenvalue weighted by Gasteiger charge is 2.49. The number of hydrogen-bond donors (Lipinski definition) is 6. The van der Waals surface area contributed by atoms with Crippen molar-refractivity contribution in [1.29, 1.82) is 0 Å². The van der Waals surface area contributed by atoms with Crippen LogP contribution in [-0.2, 0) is 19.1 Å². The van der Waals surface area contributed by atoms with Crippen LogP contribution in [0.3, 0.4) is 0 Å². The van der Waals surface area contributed by atoms with E-state index in [1.54, 1.807) is 20.8 Å². The molecule has 1 fully saturated rings. The molecule has 1 amide bonds. The number of nitrogens with two attached hydrogens (primary N) is 1. The van der Waals surface area contributed by atoms with Gasteiger partial charge in [-0.25, -0.2) is 0 Å². The maximum Gasteiger partial charge on any atom is 0.237 e. The molecular formula is C24H44N2O8. The van der Waals surface area contributed by atoms with Crippen molar-refractivity contribution in [2.45, 2.75) is 121 Å². The van der Waals surface area contributed by atoms with E-state index in [0.29, 0.717) is 12.8 Å². The van der Waals surface area contributed by atoms with E-state index in [4.69, 9.17) is 10.5 Å². The van der Waals surface area contributed by atoms with Crippen molar-refractivity contribution < 1.29 is 39.5 Å². The number of amides is 1. The van der Waals surface area contributed by atoms with Crippen LogP contribution in [0, 0.1) is 5.92 Å². The van der Waals surface area contributed by atoms with Crippen LogP contribution in [-0.4, -0.2) is 86.6 Å². The van der Waals surface area contributed by atoms with Crippen molar-refractivity contribution >= 4 is 17.5 Å². The number of aliphatic hydroxyl groups excluding tert-OH is 4. The monoisotopic (exact) mass is 488 g/mol. The number of aliphatic hydroxyl groups is 4. The third-order valence-electron chi connectivity index (χ3n) is 6.85. The van der Waals surface area contributed by atoms with Gasteiger partial charge >= 0.3 is 0 Å². The molecule has 1 saturated heterocycles. The highest BCUT2D eigenvalue weighted by Crippen LogP contribution is 2.34. The van der Waals surface area contributed by atoms with Crippen LogP contribution in [0.25, 0.3) is 0 Å². The predicted octanol–water partition coefficient (Wildman–Crippen LogP) is -0.0341. The summed E-state index contributed by atoms with van der Waals surface area (Å²) in [7, 11) is 0. The van der Waals surface area contributed by atoms with E-state index in [1.807, 2.05) is 0 Å². The minimum atomic E-state index is -1.38. The van der Waals surface area contributed by atoms with Crippen LogP contribution in [0.5, 0.6) is 0 Å². The predicted molar refractivity (Wildman–Crippen MR) is 126 cm³/mol. The lowest BCUT2D eigenvalue weighted by atomic mass is 9.82. The maximum atomic E-state index is 12.2. The van der Waals surface area contributed by atoms with Gasteiger partial charge in [0, 0.05) is 12.3 Å². The van der Waals surface area contributed by atoms with Gasteiger partial charge in [-0.05, 0) is 33.6 Å². The van der Waals surface area contributed by atoms with E-state index in [9.17, 15) is 34.8 Å². The van der Waals surface area contributed by atoms with E-state index in [2.05, 4.69) is 5.32 Å². The van der Waals surface area contributed by atoms with Crippen LogP contribution < -0.4 is 11.1 Å². The van der Waals surface area contributed by atoms with Crippen molar-refractivity contribution in [3.63, 3.8) is 0 Å². The molecule has 1 aliphatic rings. The van der Waals surface area contributed by atoms with Gasteiger partial charge in [0.2, 0.25) is 5.91 Å². The Morgan fingerprint density at radius 3 is 2.21 bits per heavy atom. The van der Waals surface area contributed by atoms with Gasteiger partial charge in [0.25, 0.3) is 0 Å². The largest absolute Gasteiger partial charge is 0.394 e. The Labute approximate surface area is 202 Å². The number of rotatable bonds is 15. The molecule has 0 aromatic rings. The summed E-state index contributed by atoms with van der Waals surface area (Å²) >= 11 is 0. The molecule has 0 radical (unpaired) electrons. The minimum absolute atomic E-state index is 0.0640. The highest BCUT2D eigenvalue weighted by atomic mass is 16.6. The van der Waals surface area contributed by atoms with Crippen LogP contribution in [0.2, 0.25) is 0 Å². The first-order valence-corrected chi connectivity index (χ1v) is 12.3. The van der Waals surface area contributed by atoms with Crippen LogP contribution in [0.1, 0.15) is 79.1 Å². The Morgan fingerprint density at radius 1 is 1.03 bits per heavy atom. The molecule has 0 unspecified atom stereocenters. The number of nitrogens with one attached hydrogen (secondary N) is 1. The molecule has 0 aromatic heterocycles. The third-order valence-corrected chi connectivity index (χ3v) is 6.85. The van der Waals surface area contributed by atoms with E-state index in [0.717, 1.165) is 32.1 Å². The van der Waals surface area contributed by atoms with Gasteiger partial charge in [-0.3, -0.25) is 14.4 Å². The van der Waals surface area contributed by atoms with E-state index in [-0.39, 0.29) is 29.8 Å². The van der Waals surface area contributed by atoms with E-state index >= 15 is 0 Å². The fourth-order valence-electron chi connectivity index (χ4n) is 4.13. The smallest absolute Gasteiger partial charge is 0.237 e. The lowest BCUT2D eigenvalue weighted by Crippen LogP contribution is -2.63. The fourth-order valence-corrected chi connectivity index (χ4v) is 4.13. The molecule has 198 valence electrons. The molecule has 0 bridgehead atoms. The molecule has 0 saturated carbocycles. The first-order chi connectivity index (χ1) is 15.8. The Bertz CT molecular complexity index is 673. The Hall–Kier alpha value is -1.43. The van der Waals surface area contributed by atoms with Gasteiger partial charge in [-0.1, -0.05) is 39.0 Å². The van der Waals surface area contributed by atoms with Gasteiger partial charge in [0.15, 0.2) is 5.78 Å². The van der Waals surface area contributed by atoms with Crippen molar-refractivity contribution in [3.05, 3.63) is 0 Å². The zero-order valence-corrected chi connectivity index (χ0v) is 20.9. The molecule has 8 atom stereocenters. The molecule has 1 aliphatic heterocycles. The van der Waals surface area contributed by atoms with Crippen LogP contribution >= 0.6 is 0 Å². The summed E-state index contributed by atoms with van der Waals surface area (Å²) in [6, 6.07) is -1.40. The normalized spacial score (nSPS) is 29.8. The standard InChI is InChI=1S/C24H44N2O8/c1-14(16(3)28)12-18(29)15(2)26-23(33)17(25)10-8-6-5-7-9-11-24(4)22(32)21(31)20(30)19(13-27)34-24/h14-15,17,19-22,27,30-32H,5-13,25H2,1-4H3,(H,26,33)/t14-,15+,17+,19-,20+,21+,22-,24+/m1/s1. The highest BCUT2D eigenvalue weighted by molar-refractivity contribution is 5.93. The molecule has 34 heavy (non-hydrogen) atoms. The summed E-state index contributed by atoms with van der Waals surface area (Å²) in [4.78, 5) is 35.7. The number of hydrogen-bond acceptors (Lipinski definition) is 9. The Morgan fingerprint density at radius 2 is 1.62 bits per heavy atom. The van der Waals surface area contributed by atoms with E-state index < -0.39 is 48.7 Å². The Balaban J connectivity index is 2.27. The maximum absolute atomic E-state index is 12.2. The summed E-state index contributed by atoms with van der Waals surface area (Å²) in [6.45, 7) is 5.94. The second-order valence-corrected chi connectivity index (χ2v) is 9.90. The summed E-state index contributed by atoms with van der Waals surface area (Å²) in [5.74, 6) is -1.02. The molecule has 10 heteroatoms. The summed E-state index contributed by atoms with van der Waals surface area (Å²) in [5.41, 5.74) is 4.90. The first kappa shape index (κ1) is 30.6. The molecule has 7 N–H and O–H groups in total. The first-order valence-electron chi connectivity index (χ1n) is 12.3. The molecule has 1 rings (SSSR count). The Kier molecular flexibility index (Phi) is 12.8. The van der Waals surface area contributed by atoms with Crippen LogP contribution in [0.15, 0.2) is 0 Å². The minimum Gasteiger partial charge on any atom is -0.394 e. The molecule has 1 heterocycles. The molecular weight excluding hydrogens is 444 g/mol. The number of carbonyl (C=O) groups excluding carboxylic acids is 3. The quantitative estimate of drug-likeness (QED) is 0.173. The summed E-state index contributed by atoms with van der Waals surface area (Å²) < 4.78 is 5.67. The lowest BCUT2D eigenvalue weighted by Gasteiger charge is -2.47. The molecule has 0 spiro atoms. The second-order valence-electron chi connectivity index (χ2n) is 9.90. The molecule has 0 aliphatic carbocycles. The number of ether oxygens (including phenoxy) is 1. The van der Waals surface area contributed by atoms with Crippen LogP contribution in [0.4, 0.5) is 0 Å². The summed E-state index contributed by atoms with van der Waals surface area (Å²) in [5, 5.41) is 42.1. The SMILES string of the molecule is CC(=O)[C@H](C)CC(=O)[C@H](C)NC(=O)[C@@H](N)CCCCCCC[C@]1(C)O[C@H](CO)[C@H](O)[C@H](O)[C@H]1O. The number of ketones is 2. The van der Waals surface area contributed by atoms with Gasteiger partial charge in [-0.15, -0.1) is 0 Å². The van der Waals surface area contributed by atoms with Crippen molar-refractivity contribution in [2.75, 3.05) is 6.61 Å². The van der Waals surface area contributed by atoms with Crippen molar-refractivity contribution in [3.8, 4) is 0 Å². The van der Waals surface area contributed by atoms with Gasteiger partial charge in [0.05, 0.1) is 24.3 Å². The van der Waals surface area contributed by atoms with Gasteiger partial charge in [0.1, 0.15) is 30.2 Å². The zero-order valence-electron chi connectivity index (χ0n) is 20.9. The lowest BCUT2D eigenvalue weighted by molar-refractivity contribution is -0.270. The van der Waals surface area contributed by atoms with Gasteiger partial charge in [-0.2, -0.15) is 0 Å². The molecule has 0 aromatic carbocycles. The molecule has 10 nitrogen and oxygen atoms in total. The van der Waals surface area contributed by atoms with Crippen molar-refractivity contribution in [2.24, 2.45) is 11.7 Å². The summed E-state index contributed by atoms with van der Waals surface area (Å²) in [6.07, 6.45) is 0.184. The fraction of sp³-hybridized carbons (Fsp3) is 0.875.